The lowest BCUT2D eigenvalue weighted by molar-refractivity contribution is -0.128. The summed E-state index contributed by atoms with van der Waals surface area (Å²) in [6, 6.07) is 11.2. The van der Waals surface area contributed by atoms with Crippen molar-refractivity contribution in [2.75, 3.05) is 0 Å². The van der Waals surface area contributed by atoms with Gasteiger partial charge in [0.2, 0.25) is 6.41 Å². The van der Waals surface area contributed by atoms with Gasteiger partial charge >= 0.3 is 0 Å². The number of carbonyl (C=O) groups is 1. The first-order valence-corrected chi connectivity index (χ1v) is 9.16. The van der Waals surface area contributed by atoms with Gasteiger partial charge in [0.25, 0.3) is 0 Å². The highest BCUT2D eigenvalue weighted by molar-refractivity contribution is 5.52. The van der Waals surface area contributed by atoms with Crippen molar-refractivity contribution in [3.05, 3.63) is 35.9 Å². The number of carbonyl (C=O) groups excluding carboxylic acids is 1. The van der Waals surface area contributed by atoms with Crippen molar-refractivity contribution in [2.24, 2.45) is 0 Å². The maximum absolute atomic E-state index is 12.1. The van der Waals surface area contributed by atoms with Crippen LogP contribution in [0.2, 0.25) is 0 Å². The predicted octanol–water partition coefficient (Wildman–Crippen LogP) is 5.03. The Morgan fingerprint density at radius 2 is 1.45 bits per heavy atom. The Kier molecular flexibility index (Phi) is 5.17. The van der Waals surface area contributed by atoms with E-state index in [9.17, 15) is 4.79 Å². The molecule has 0 atom stereocenters. The fourth-order valence-electron chi connectivity index (χ4n) is 4.65. The zero-order valence-corrected chi connectivity index (χ0v) is 13.7. The summed E-state index contributed by atoms with van der Waals surface area (Å²) in [6.45, 7) is 0. The lowest BCUT2D eigenvalue weighted by Crippen LogP contribution is -2.49. The Bertz CT molecular complexity index is 456. The third-order valence-electron chi connectivity index (χ3n) is 5.82. The molecule has 1 aromatic carbocycles. The van der Waals surface area contributed by atoms with E-state index in [-0.39, 0.29) is 5.54 Å². The first-order valence-electron chi connectivity index (χ1n) is 9.16. The quantitative estimate of drug-likeness (QED) is 0.714. The molecule has 2 heteroatoms. The molecule has 0 saturated heterocycles. The molecule has 2 fully saturated rings. The third-order valence-corrected chi connectivity index (χ3v) is 5.82. The van der Waals surface area contributed by atoms with Gasteiger partial charge < -0.3 is 4.90 Å². The lowest BCUT2D eigenvalue weighted by Gasteiger charge is -2.45. The van der Waals surface area contributed by atoms with E-state index in [1.807, 2.05) is 0 Å². The highest BCUT2D eigenvalue weighted by atomic mass is 16.1. The maximum atomic E-state index is 12.1. The van der Waals surface area contributed by atoms with Gasteiger partial charge in [-0.15, -0.1) is 0 Å². The highest BCUT2D eigenvalue weighted by Gasteiger charge is 2.43. The molecule has 0 spiro atoms. The number of hydrogen-bond donors (Lipinski definition) is 0. The van der Waals surface area contributed by atoms with Crippen molar-refractivity contribution in [1.82, 2.24) is 4.90 Å². The molecule has 0 aliphatic heterocycles. The number of benzene rings is 1. The van der Waals surface area contributed by atoms with Crippen LogP contribution in [0.1, 0.15) is 76.2 Å². The van der Waals surface area contributed by atoms with E-state index in [0.29, 0.717) is 6.04 Å². The molecule has 2 aliphatic rings. The van der Waals surface area contributed by atoms with Gasteiger partial charge in [0.15, 0.2) is 0 Å². The number of amides is 1. The number of nitrogens with zero attached hydrogens (tertiary/aromatic N) is 1. The Hall–Kier alpha value is -1.31. The van der Waals surface area contributed by atoms with Crippen molar-refractivity contribution in [3.63, 3.8) is 0 Å². The standard InChI is InChI=1S/C20H29NO/c22-17-21(19-13-7-2-1-3-8-14-19)20(15-9-10-16-20)18-11-5-4-6-12-18/h4-6,11-12,17,19H,1-3,7-10,13-16H2. The number of rotatable bonds is 4. The molecular formula is C20H29NO. The molecule has 2 saturated carbocycles. The Balaban J connectivity index is 1.89. The summed E-state index contributed by atoms with van der Waals surface area (Å²) in [6.07, 6.45) is 14.9. The van der Waals surface area contributed by atoms with Crippen LogP contribution in [-0.2, 0) is 10.3 Å². The van der Waals surface area contributed by atoms with E-state index in [0.717, 1.165) is 12.8 Å². The van der Waals surface area contributed by atoms with E-state index in [1.165, 1.54) is 69.8 Å². The second-order valence-electron chi connectivity index (χ2n) is 7.12. The van der Waals surface area contributed by atoms with Crippen molar-refractivity contribution in [2.45, 2.75) is 82.2 Å². The molecule has 0 aromatic heterocycles. The van der Waals surface area contributed by atoms with Gasteiger partial charge in [-0.1, -0.05) is 75.3 Å². The molecule has 0 heterocycles. The van der Waals surface area contributed by atoms with E-state index in [1.54, 1.807) is 0 Å². The van der Waals surface area contributed by atoms with Gasteiger partial charge in [-0.05, 0) is 31.2 Å². The molecule has 0 bridgehead atoms. The average Bonchev–Trinajstić information content (AvgIpc) is 3.01. The summed E-state index contributed by atoms with van der Waals surface area (Å²) in [5.74, 6) is 0. The minimum Gasteiger partial charge on any atom is -0.333 e. The van der Waals surface area contributed by atoms with Crippen molar-refractivity contribution >= 4 is 6.41 Å². The van der Waals surface area contributed by atoms with Crippen molar-refractivity contribution in [3.8, 4) is 0 Å². The molecule has 2 aliphatic carbocycles. The van der Waals surface area contributed by atoms with Gasteiger partial charge in [-0.2, -0.15) is 0 Å². The van der Waals surface area contributed by atoms with Crippen molar-refractivity contribution < 1.29 is 4.79 Å². The SMILES string of the molecule is O=CN(C1CCCCCCC1)C1(c2ccccc2)CCCC1. The van der Waals surface area contributed by atoms with Crippen LogP contribution in [-0.4, -0.2) is 17.4 Å². The molecule has 0 unspecified atom stereocenters. The largest absolute Gasteiger partial charge is 0.333 e. The summed E-state index contributed by atoms with van der Waals surface area (Å²) in [5, 5.41) is 0. The minimum atomic E-state index is -0.0348. The first kappa shape index (κ1) is 15.6. The molecule has 1 aromatic rings. The molecule has 22 heavy (non-hydrogen) atoms. The van der Waals surface area contributed by atoms with E-state index in [2.05, 4.69) is 35.2 Å². The normalized spacial score (nSPS) is 22.7. The van der Waals surface area contributed by atoms with Crippen LogP contribution >= 0.6 is 0 Å². The highest BCUT2D eigenvalue weighted by Crippen LogP contribution is 2.45. The van der Waals surface area contributed by atoms with Crippen LogP contribution in [0.4, 0.5) is 0 Å². The van der Waals surface area contributed by atoms with E-state index < -0.39 is 0 Å². The Labute approximate surface area is 134 Å². The van der Waals surface area contributed by atoms with E-state index >= 15 is 0 Å². The topological polar surface area (TPSA) is 20.3 Å². The fourth-order valence-corrected chi connectivity index (χ4v) is 4.65. The van der Waals surface area contributed by atoms with Crippen LogP contribution in [0, 0.1) is 0 Å². The van der Waals surface area contributed by atoms with Crippen LogP contribution in [0.25, 0.3) is 0 Å². The molecule has 2 nitrogen and oxygen atoms in total. The molecule has 0 N–H and O–H groups in total. The number of hydrogen-bond acceptors (Lipinski definition) is 1. The van der Waals surface area contributed by atoms with Crippen LogP contribution in [0.3, 0.4) is 0 Å². The maximum Gasteiger partial charge on any atom is 0.210 e. The third kappa shape index (κ3) is 3.06. The van der Waals surface area contributed by atoms with Gasteiger partial charge in [0.05, 0.1) is 5.54 Å². The Morgan fingerprint density at radius 3 is 2.05 bits per heavy atom. The molecule has 3 rings (SSSR count). The van der Waals surface area contributed by atoms with Crippen molar-refractivity contribution in [1.29, 1.82) is 0 Å². The lowest BCUT2D eigenvalue weighted by atomic mass is 9.83. The van der Waals surface area contributed by atoms with E-state index in [4.69, 9.17) is 0 Å². The predicted molar refractivity (Wildman–Crippen MR) is 90.6 cm³/mol. The minimum absolute atomic E-state index is 0.0348. The molecule has 0 radical (unpaired) electrons. The van der Waals surface area contributed by atoms with Crippen LogP contribution < -0.4 is 0 Å². The molecular weight excluding hydrogens is 270 g/mol. The first-order chi connectivity index (χ1) is 10.9. The molecule has 120 valence electrons. The van der Waals surface area contributed by atoms with Gasteiger partial charge in [-0.25, -0.2) is 0 Å². The van der Waals surface area contributed by atoms with Gasteiger partial charge in [0.1, 0.15) is 0 Å². The summed E-state index contributed by atoms with van der Waals surface area (Å²) < 4.78 is 0. The van der Waals surface area contributed by atoms with Crippen LogP contribution in [0.5, 0.6) is 0 Å². The zero-order valence-electron chi connectivity index (χ0n) is 13.7. The fraction of sp³-hybridized carbons (Fsp3) is 0.650. The summed E-state index contributed by atoms with van der Waals surface area (Å²) >= 11 is 0. The van der Waals surface area contributed by atoms with Gasteiger partial charge in [0, 0.05) is 6.04 Å². The van der Waals surface area contributed by atoms with Crippen LogP contribution in [0.15, 0.2) is 30.3 Å². The van der Waals surface area contributed by atoms with Gasteiger partial charge in [-0.3, -0.25) is 4.79 Å². The summed E-state index contributed by atoms with van der Waals surface area (Å²) in [4.78, 5) is 14.3. The second kappa shape index (κ2) is 7.30. The Morgan fingerprint density at radius 1 is 0.864 bits per heavy atom. The molecule has 1 amide bonds. The summed E-state index contributed by atoms with van der Waals surface area (Å²) in [7, 11) is 0. The zero-order chi connectivity index (χ0) is 15.3. The second-order valence-corrected chi connectivity index (χ2v) is 7.12. The smallest absolute Gasteiger partial charge is 0.210 e. The average molecular weight is 299 g/mol. The monoisotopic (exact) mass is 299 g/mol. The summed E-state index contributed by atoms with van der Waals surface area (Å²) in [5.41, 5.74) is 1.31.